The third-order valence-corrected chi connectivity index (χ3v) is 8.60. The number of unbranched alkanes of at least 4 members (excludes halogenated alkanes) is 3. The highest BCUT2D eigenvalue weighted by Crippen LogP contribution is 2.65. The summed E-state index contributed by atoms with van der Waals surface area (Å²) in [6.07, 6.45) is 9.34. The number of hydrogen-bond acceptors (Lipinski definition) is 4. The number of allylic oxidation sites excluding steroid dienone is 2. The van der Waals surface area contributed by atoms with Gasteiger partial charge in [0.15, 0.2) is 0 Å². The van der Waals surface area contributed by atoms with Crippen molar-refractivity contribution in [2.75, 3.05) is 14.2 Å². The fraction of sp³-hybridized carbons (Fsp3) is 0.710. The molecule has 35 heavy (non-hydrogen) atoms. The maximum absolute atomic E-state index is 12.8. The number of fused-ring (bicyclic) bond motifs is 1. The number of hydrogen-bond donors (Lipinski definition) is 0. The van der Waals surface area contributed by atoms with Crippen LogP contribution in [0.15, 0.2) is 24.0 Å². The molecule has 0 aliphatic heterocycles. The van der Waals surface area contributed by atoms with Crippen LogP contribution in [0.25, 0.3) is 0 Å². The molecular formula is C31H48O4. The molecule has 4 nitrogen and oxygen atoms in total. The van der Waals surface area contributed by atoms with E-state index >= 15 is 0 Å². The van der Waals surface area contributed by atoms with Crippen molar-refractivity contribution >= 4 is 5.97 Å². The lowest BCUT2D eigenvalue weighted by molar-refractivity contribution is -0.154. The van der Waals surface area contributed by atoms with Crippen LogP contribution in [0.2, 0.25) is 0 Å². The molecule has 3 aliphatic carbocycles. The predicted octanol–water partition coefficient (Wildman–Crippen LogP) is 8.18. The number of carbonyl (C=O) groups is 1. The third-order valence-electron chi connectivity index (χ3n) is 8.60. The smallest absolute Gasteiger partial charge is 0.316 e. The number of esters is 1. The fourth-order valence-corrected chi connectivity index (χ4v) is 5.91. The highest BCUT2D eigenvalue weighted by Gasteiger charge is 2.58. The molecule has 1 saturated carbocycles. The Morgan fingerprint density at radius 2 is 1.60 bits per heavy atom. The number of benzene rings is 1. The number of ether oxygens (including phenoxy) is 3. The molecule has 3 aliphatic rings. The summed E-state index contributed by atoms with van der Waals surface area (Å²) in [6, 6.07) is 4.42. The highest BCUT2D eigenvalue weighted by molar-refractivity contribution is 5.76. The summed E-state index contributed by atoms with van der Waals surface area (Å²) in [5.41, 5.74) is 1.85. The number of rotatable bonds is 10. The summed E-state index contributed by atoms with van der Waals surface area (Å²) in [5, 5.41) is 0. The summed E-state index contributed by atoms with van der Waals surface area (Å²) in [7, 11) is 3.50. The van der Waals surface area contributed by atoms with E-state index in [1.807, 2.05) is 20.8 Å². The predicted molar refractivity (Wildman–Crippen MR) is 143 cm³/mol. The van der Waals surface area contributed by atoms with Crippen LogP contribution in [0.4, 0.5) is 0 Å². The highest BCUT2D eigenvalue weighted by atomic mass is 16.5. The SMILES string of the molecule is CCCCCCC(C)(C)c1cc(OC)c(C2C=C(OC(=O)C(C)(C)C)C3CC2C3(C)C)c(OC)c1. The minimum absolute atomic E-state index is 0.0312. The first-order chi connectivity index (χ1) is 16.3. The summed E-state index contributed by atoms with van der Waals surface area (Å²) in [4.78, 5) is 12.8. The van der Waals surface area contributed by atoms with Crippen molar-refractivity contribution in [2.45, 2.75) is 105 Å². The van der Waals surface area contributed by atoms with Gasteiger partial charge in [0.2, 0.25) is 0 Å². The van der Waals surface area contributed by atoms with Crippen LogP contribution in [-0.2, 0) is 14.9 Å². The van der Waals surface area contributed by atoms with Crippen LogP contribution >= 0.6 is 0 Å². The van der Waals surface area contributed by atoms with Gasteiger partial charge in [0, 0.05) is 17.4 Å². The molecule has 2 bridgehead atoms. The molecule has 1 aromatic rings. The first kappa shape index (κ1) is 27.6. The van der Waals surface area contributed by atoms with Crippen molar-refractivity contribution < 1.29 is 19.0 Å². The van der Waals surface area contributed by atoms with Gasteiger partial charge in [-0.3, -0.25) is 4.79 Å². The Hall–Kier alpha value is -1.97. The van der Waals surface area contributed by atoms with Crippen LogP contribution in [0.3, 0.4) is 0 Å². The molecule has 0 N–H and O–H groups in total. The Kier molecular flexibility index (Phi) is 8.04. The summed E-state index contributed by atoms with van der Waals surface area (Å²) < 4.78 is 18.0. The Morgan fingerprint density at radius 3 is 2.09 bits per heavy atom. The zero-order valence-electron chi connectivity index (χ0n) is 23.8. The topological polar surface area (TPSA) is 44.8 Å². The lowest BCUT2D eigenvalue weighted by Gasteiger charge is -2.58. The third kappa shape index (κ3) is 5.42. The van der Waals surface area contributed by atoms with Gasteiger partial charge in [-0.15, -0.1) is 0 Å². The number of methoxy groups -OCH3 is 2. The lowest BCUT2D eigenvalue weighted by Crippen LogP contribution is -2.52. The van der Waals surface area contributed by atoms with Crippen LogP contribution in [0.5, 0.6) is 11.5 Å². The van der Waals surface area contributed by atoms with Gasteiger partial charge in [-0.1, -0.05) is 60.3 Å². The molecule has 1 aromatic carbocycles. The molecule has 0 amide bonds. The summed E-state index contributed by atoms with van der Waals surface area (Å²) >= 11 is 0. The first-order valence-electron chi connectivity index (χ1n) is 13.5. The zero-order valence-corrected chi connectivity index (χ0v) is 23.8. The van der Waals surface area contributed by atoms with Gasteiger partial charge in [0.05, 0.1) is 19.6 Å². The Labute approximate surface area is 213 Å². The van der Waals surface area contributed by atoms with Crippen LogP contribution < -0.4 is 9.47 Å². The van der Waals surface area contributed by atoms with Crippen molar-refractivity contribution in [1.82, 2.24) is 0 Å². The molecule has 0 radical (unpaired) electrons. The van der Waals surface area contributed by atoms with Crippen molar-refractivity contribution in [3.05, 3.63) is 35.1 Å². The maximum Gasteiger partial charge on any atom is 0.316 e. The van der Waals surface area contributed by atoms with E-state index in [1.165, 1.54) is 31.2 Å². The maximum atomic E-state index is 12.8. The van der Waals surface area contributed by atoms with E-state index < -0.39 is 5.41 Å². The second-order valence-corrected chi connectivity index (χ2v) is 12.9. The van der Waals surface area contributed by atoms with E-state index in [4.69, 9.17) is 14.2 Å². The molecule has 3 atom stereocenters. The van der Waals surface area contributed by atoms with E-state index in [9.17, 15) is 4.79 Å². The van der Waals surface area contributed by atoms with E-state index in [0.717, 1.165) is 35.7 Å². The second-order valence-electron chi connectivity index (χ2n) is 12.9. The quantitative estimate of drug-likeness (QED) is 0.248. The summed E-state index contributed by atoms with van der Waals surface area (Å²) in [6.45, 7) is 17.2. The zero-order chi connectivity index (χ0) is 26.2. The van der Waals surface area contributed by atoms with E-state index in [1.54, 1.807) is 14.2 Å². The van der Waals surface area contributed by atoms with Crippen molar-refractivity contribution in [2.24, 2.45) is 22.7 Å². The monoisotopic (exact) mass is 484 g/mol. The first-order valence-corrected chi connectivity index (χ1v) is 13.5. The average molecular weight is 485 g/mol. The van der Waals surface area contributed by atoms with Gasteiger partial charge in [-0.05, 0) is 74.1 Å². The number of carbonyl (C=O) groups excluding carboxylic acids is 1. The summed E-state index contributed by atoms with van der Waals surface area (Å²) in [5.74, 6) is 3.16. The average Bonchev–Trinajstić information content (AvgIpc) is 2.79. The minimum atomic E-state index is -0.541. The van der Waals surface area contributed by atoms with Crippen molar-refractivity contribution in [3.63, 3.8) is 0 Å². The molecule has 3 unspecified atom stereocenters. The van der Waals surface area contributed by atoms with Crippen LogP contribution in [0, 0.1) is 22.7 Å². The van der Waals surface area contributed by atoms with Gasteiger partial charge in [-0.2, -0.15) is 0 Å². The van der Waals surface area contributed by atoms with Crippen LogP contribution in [-0.4, -0.2) is 20.2 Å². The van der Waals surface area contributed by atoms with Gasteiger partial charge in [-0.25, -0.2) is 0 Å². The Balaban J connectivity index is 2.01. The normalized spacial score (nSPS) is 23.3. The molecule has 4 rings (SSSR count). The molecule has 4 heteroatoms. The largest absolute Gasteiger partial charge is 0.496 e. The minimum Gasteiger partial charge on any atom is -0.496 e. The van der Waals surface area contributed by atoms with E-state index in [2.05, 4.69) is 52.8 Å². The standard InChI is InChI=1S/C31H48O4/c1-11-12-13-14-15-30(5,6)20-16-25(33-9)27(26(17-20)34-10)21-18-24(35-28(32)29(2,3)4)23-19-22(21)31(23,7)8/h16-18,21-23H,11-15,19H2,1-10H3. The van der Waals surface area contributed by atoms with Gasteiger partial charge >= 0.3 is 5.97 Å². The molecule has 196 valence electrons. The molecule has 0 spiro atoms. The Bertz CT molecular complexity index is 922. The lowest BCUT2D eigenvalue weighted by atomic mass is 9.46. The van der Waals surface area contributed by atoms with Gasteiger partial charge in [0.25, 0.3) is 0 Å². The van der Waals surface area contributed by atoms with Crippen molar-refractivity contribution in [3.8, 4) is 11.5 Å². The van der Waals surface area contributed by atoms with Crippen LogP contribution in [0.1, 0.15) is 111 Å². The molecule has 0 saturated heterocycles. The van der Waals surface area contributed by atoms with Gasteiger partial charge < -0.3 is 14.2 Å². The molecule has 0 heterocycles. The fourth-order valence-electron chi connectivity index (χ4n) is 5.91. The second kappa shape index (κ2) is 10.2. The Morgan fingerprint density at radius 1 is 1.00 bits per heavy atom. The van der Waals surface area contributed by atoms with E-state index in [-0.39, 0.29) is 28.6 Å². The molecule has 1 fully saturated rings. The van der Waals surface area contributed by atoms with Gasteiger partial charge in [0.1, 0.15) is 17.3 Å². The van der Waals surface area contributed by atoms with E-state index in [0.29, 0.717) is 5.92 Å². The van der Waals surface area contributed by atoms with Crippen molar-refractivity contribution in [1.29, 1.82) is 0 Å². The molecule has 0 aromatic heterocycles. The molecular weight excluding hydrogens is 436 g/mol.